The van der Waals surface area contributed by atoms with Crippen LogP contribution in [0.5, 0.6) is 0 Å². The molecule has 104 valence electrons. The monoisotopic (exact) mass is 259 g/mol. The lowest BCUT2D eigenvalue weighted by Gasteiger charge is -2.14. The highest BCUT2D eigenvalue weighted by Gasteiger charge is 2.11. The quantitative estimate of drug-likeness (QED) is 0.864. The Morgan fingerprint density at radius 3 is 2.68 bits per heavy atom. The average molecular weight is 259 g/mol. The van der Waals surface area contributed by atoms with E-state index >= 15 is 0 Å². The van der Waals surface area contributed by atoms with Crippen LogP contribution in [-0.4, -0.2) is 15.8 Å². The van der Waals surface area contributed by atoms with Gasteiger partial charge in [0.25, 0.3) is 0 Å². The fourth-order valence-electron chi connectivity index (χ4n) is 2.46. The summed E-state index contributed by atoms with van der Waals surface area (Å²) in [5.41, 5.74) is 8.56. The molecule has 1 unspecified atom stereocenters. The number of hydrogen-bond acceptors (Lipinski definition) is 2. The molecule has 2 rings (SSSR count). The Morgan fingerprint density at radius 2 is 2.00 bits per heavy atom. The average Bonchev–Trinajstić information content (AvgIpc) is 2.77. The van der Waals surface area contributed by atoms with Gasteiger partial charge in [0, 0.05) is 18.0 Å². The zero-order valence-electron chi connectivity index (χ0n) is 12.3. The fourth-order valence-corrected chi connectivity index (χ4v) is 2.46. The molecule has 0 saturated carbocycles. The molecule has 19 heavy (non-hydrogen) atoms. The molecule has 0 amide bonds. The van der Waals surface area contributed by atoms with Crippen LogP contribution in [-0.2, 0) is 13.0 Å². The fraction of sp³-hybridized carbons (Fsp3) is 0.562. The van der Waals surface area contributed by atoms with E-state index in [1.54, 1.807) is 0 Å². The molecule has 1 atom stereocenters. The Kier molecular flexibility index (Phi) is 4.59. The Balaban J connectivity index is 2.08. The number of rotatable bonds is 6. The van der Waals surface area contributed by atoms with Gasteiger partial charge in [-0.05, 0) is 38.2 Å². The summed E-state index contributed by atoms with van der Waals surface area (Å²) in [4.78, 5) is 0. The first kappa shape index (κ1) is 14.1. The lowest BCUT2D eigenvalue weighted by atomic mass is 9.98. The maximum absolute atomic E-state index is 6.10. The SMILES string of the molecule is CCn1nc(CCCC(N)C(C)C)c2ccccc21. The number of aryl methyl sites for hydroxylation is 2. The van der Waals surface area contributed by atoms with Crippen molar-refractivity contribution in [1.29, 1.82) is 0 Å². The summed E-state index contributed by atoms with van der Waals surface area (Å²) in [6.07, 6.45) is 3.21. The van der Waals surface area contributed by atoms with Crippen LogP contribution in [0.4, 0.5) is 0 Å². The molecule has 1 heterocycles. The molecular formula is C16H25N3. The van der Waals surface area contributed by atoms with Crippen molar-refractivity contribution >= 4 is 10.9 Å². The van der Waals surface area contributed by atoms with Crippen molar-refractivity contribution in [3.8, 4) is 0 Å². The first-order valence-corrected chi connectivity index (χ1v) is 7.33. The van der Waals surface area contributed by atoms with Gasteiger partial charge >= 0.3 is 0 Å². The molecular weight excluding hydrogens is 234 g/mol. The summed E-state index contributed by atoms with van der Waals surface area (Å²) >= 11 is 0. The zero-order chi connectivity index (χ0) is 13.8. The number of nitrogens with zero attached hydrogens (tertiary/aromatic N) is 2. The van der Waals surface area contributed by atoms with Crippen molar-refractivity contribution < 1.29 is 0 Å². The van der Waals surface area contributed by atoms with Gasteiger partial charge in [-0.2, -0.15) is 5.10 Å². The third-order valence-electron chi connectivity index (χ3n) is 3.84. The van der Waals surface area contributed by atoms with Gasteiger partial charge in [-0.15, -0.1) is 0 Å². The smallest absolute Gasteiger partial charge is 0.0703 e. The molecule has 1 aromatic heterocycles. The molecule has 2 N–H and O–H groups in total. The zero-order valence-corrected chi connectivity index (χ0v) is 12.3. The molecule has 0 radical (unpaired) electrons. The predicted molar refractivity (Wildman–Crippen MR) is 81.2 cm³/mol. The number of aromatic nitrogens is 2. The van der Waals surface area contributed by atoms with Crippen LogP contribution >= 0.6 is 0 Å². The largest absolute Gasteiger partial charge is 0.327 e. The number of para-hydroxylation sites is 1. The number of nitrogens with two attached hydrogens (primary N) is 1. The Hall–Kier alpha value is -1.35. The van der Waals surface area contributed by atoms with Gasteiger partial charge in [0.2, 0.25) is 0 Å². The lowest BCUT2D eigenvalue weighted by molar-refractivity contribution is 0.451. The highest BCUT2D eigenvalue weighted by molar-refractivity contribution is 5.81. The van der Waals surface area contributed by atoms with Gasteiger partial charge in [-0.1, -0.05) is 32.0 Å². The second-order valence-electron chi connectivity index (χ2n) is 5.58. The van der Waals surface area contributed by atoms with E-state index in [1.807, 2.05) is 0 Å². The maximum atomic E-state index is 6.10. The van der Waals surface area contributed by atoms with Crippen LogP contribution in [0.2, 0.25) is 0 Å². The van der Waals surface area contributed by atoms with E-state index in [-0.39, 0.29) is 0 Å². The van der Waals surface area contributed by atoms with Crippen LogP contribution in [0.15, 0.2) is 24.3 Å². The minimum absolute atomic E-state index is 0.305. The summed E-state index contributed by atoms with van der Waals surface area (Å²) in [6, 6.07) is 8.79. The van der Waals surface area contributed by atoms with Crippen molar-refractivity contribution in [2.75, 3.05) is 0 Å². The topological polar surface area (TPSA) is 43.8 Å². The van der Waals surface area contributed by atoms with Crippen LogP contribution < -0.4 is 5.73 Å². The standard InChI is InChI=1S/C16H25N3/c1-4-19-16-11-6-5-8-13(16)15(18-19)10-7-9-14(17)12(2)3/h5-6,8,11-12,14H,4,7,9-10,17H2,1-3H3. The van der Waals surface area contributed by atoms with Crippen LogP contribution in [0.25, 0.3) is 10.9 Å². The second-order valence-corrected chi connectivity index (χ2v) is 5.58. The molecule has 0 saturated heterocycles. The Morgan fingerprint density at radius 1 is 1.26 bits per heavy atom. The molecule has 0 fully saturated rings. The van der Waals surface area contributed by atoms with E-state index < -0.39 is 0 Å². The van der Waals surface area contributed by atoms with Crippen LogP contribution in [0.1, 0.15) is 39.3 Å². The highest BCUT2D eigenvalue weighted by Crippen LogP contribution is 2.20. The van der Waals surface area contributed by atoms with Gasteiger partial charge in [0.1, 0.15) is 0 Å². The highest BCUT2D eigenvalue weighted by atomic mass is 15.3. The first-order chi connectivity index (χ1) is 9.13. The maximum Gasteiger partial charge on any atom is 0.0703 e. The van der Waals surface area contributed by atoms with Crippen molar-refractivity contribution in [2.24, 2.45) is 11.7 Å². The molecule has 0 aliphatic rings. The molecule has 0 aliphatic heterocycles. The molecule has 0 spiro atoms. The molecule has 0 bridgehead atoms. The predicted octanol–water partition coefficient (Wildman–Crippen LogP) is 3.36. The van der Waals surface area contributed by atoms with Gasteiger partial charge in [-0.25, -0.2) is 0 Å². The van der Waals surface area contributed by atoms with Crippen molar-refractivity contribution in [2.45, 2.75) is 52.6 Å². The van der Waals surface area contributed by atoms with E-state index in [4.69, 9.17) is 10.8 Å². The first-order valence-electron chi connectivity index (χ1n) is 7.33. The van der Waals surface area contributed by atoms with Gasteiger partial charge in [-0.3, -0.25) is 4.68 Å². The van der Waals surface area contributed by atoms with E-state index in [0.717, 1.165) is 25.8 Å². The number of hydrogen-bond donors (Lipinski definition) is 1. The van der Waals surface area contributed by atoms with Gasteiger partial charge < -0.3 is 5.73 Å². The molecule has 2 aromatic rings. The van der Waals surface area contributed by atoms with Crippen LogP contribution in [0.3, 0.4) is 0 Å². The molecule has 0 aliphatic carbocycles. The van der Waals surface area contributed by atoms with E-state index in [0.29, 0.717) is 12.0 Å². The lowest BCUT2D eigenvalue weighted by Crippen LogP contribution is -2.26. The summed E-state index contributed by atoms with van der Waals surface area (Å²) < 4.78 is 2.09. The Bertz CT molecular complexity index is 528. The minimum Gasteiger partial charge on any atom is -0.327 e. The Labute approximate surface area is 115 Å². The van der Waals surface area contributed by atoms with Crippen molar-refractivity contribution in [1.82, 2.24) is 9.78 Å². The number of fused-ring (bicyclic) bond motifs is 1. The minimum atomic E-state index is 0.305. The molecule has 3 nitrogen and oxygen atoms in total. The van der Waals surface area contributed by atoms with E-state index in [2.05, 4.69) is 49.7 Å². The van der Waals surface area contributed by atoms with Crippen molar-refractivity contribution in [3.63, 3.8) is 0 Å². The summed E-state index contributed by atoms with van der Waals surface area (Å²) in [5, 5.41) is 6.02. The summed E-state index contributed by atoms with van der Waals surface area (Å²) in [7, 11) is 0. The summed E-state index contributed by atoms with van der Waals surface area (Å²) in [5.74, 6) is 0.560. The summed E-state index contributed by atoms with van der Waals surface area (Å²) in [6.45, 7) is 7.43. The second kappa shape index (κ2) is 6.20. The van der Waals surface area contributed by atoms with Crippen LogP contribution in [0, 0.1) is 5.92 Å². The van der Waals surface area contributed by atoms with E-state index in [1.165, 1.54) is 16.6 Å². The number of benzene rings is 1. The third kappa shape index (κ3) is 3.16. The van der Waals surface area contributed by atoms with Gasteiger partial charge in [0.05, 0.1) is 11.2 Å². The van der Waals surface area contributed by atoms with Crippen molar-refractivity contribution in [3.05, 3.63) is 30.0 Å². The third-order valence-corrected chi connectivity index (χ3v) is 3.84. The van der Waals surface area contributed by atoms with E-state index in [9.17, 15) is 0 Å². The molecule has 3 heteroatoms. The van der Waals surface area contributed by atoms with Gasteiger partial charge in [0.15, 0.2) is 0 Å². The molecule has 1 aromatic carbocycles. The normalized spacial score (nSPS) is 13.3.